The first kappa shape index (κ1) is 13.1. The standard InChI is InChI=1S/C15H22N2O/c1-11(2)17(9-12(3)18)10-13-5-4-6-15-14(13)7-8-16-15/h4-8,11-12,16,18H,9-10H2,1-3H3/t12-/m1/s1. The number of aromatic nitrogens is 1. The lowest BCUT2D eigenvalue weighted by atomic mass is 10.1. The maximum Gasteiger partial charge on any atom is 0.0639 e. The summed E-state index contributed by atoms with van der Waals surface area (Å²) in [5.74, 6) is 0. The van der Waals surface area contributed by atoms with Crippen LogP contribution in [0.15, 0.2) is 30.5 Å². The average molecular weight is 246 g/mol. The summed E-state index contributed by atoms with van der Waals surface area (Å²) in [6, 6.07) is 8.87. The summed E-state index contributed by atoms with van der Waals surface area (Å²) in [5, 5.41) is 10.8. The molecule has 98 valence electrons. The summed E-state index contributed by atoms with van der Waals surface area (Å²) in [4.78, 5) is 5.53. The van der Waals surface area contributed by atoms with Gasteiger partial charge in [0.1, 0.15) is 0 Å². The molecule has 0 aliphatic rings. The summed E-state index contributed by atoms with van der Waals surface area (Å²) in [6.07, 6.45) is 1.68. The fraction of sp³-hybridized carbons (Fsp3) is 0.467. The monoisotopic (exact) mass is 246 g/mol. The highest BCUT2D eigenvalue weighted by Crippen LogP contribution is 2.20. The van der Waals surface area contributed by atoms with Crippen molar-refractivity contribution in [3.63, 3.8) is 0 Å². The van der Waals surface area contributed by atoms with E-state index in [-0.39, 0.29) is 6.10 Å². The molecular formula is C15H22N2O. The van der Waals surface area contributed by atoms with Gasteiger partial charge in [-0.15, -0.1) is 0 Å². The predicted octanol–water partition coefficient (Wildman–Crippen LogP) is 2.76. The van der Waals surface area contributed by atoms with E-state index in [0.29, 0.717) is 12.6 Å². The molecule has 1 heterocycles. The molecule has 0 saturated carbocycles. The molecule has 1 aromatic carbocycles. The first-order valence-corrected chi connectivity index (χ1v) is 6.55. The number of hydrogen-bond donors (Lipinski definition) is 2. The Kier molecular flexibility index (Phi) is 4.04. The number of aromatic amines is 1. The Hall–Kier alpha value is -1.32. The number of nitrogens with one attached hydrogen (secondary N) is 1. The Morgan fingerprint density at radius 1 is 1.22 bits per heavy atom. The molecule has 0 aliphatic heterocycles. The van der Waals surface area contributed by atoms with Crippen LogP contribution in [0.1, 0.15) is 26.3 Å². The lowest BCUT2D eigenvalue weighted by Crippen LogP contribution is -2.36. The highest BCUT2D eigenvalue weighted by Gasteiger charge is 2.14. The summed E-state index contributed by atoms with van der Waals surface area (Å²) < 4.78 is 0. The van der Waals surface area contributed by atoms with E-state index in [2.05, 4.69) is 48.0 Å². The minimum absolute atomic E-state index is 0.294. The largest absolute Gasteiger partial charge is 0.392 e. The predicted molar refractivity (Wildman–Crippen MR) is 75.5 cm³/mol. The number of nitrogens with zero attached hydrogens (tertiary/aromatic N) is 1. The molecule has 0 unspecified atom stereocenters. The van der Waals surface area contributed by atoms with Gasteiger partial charge in [0.25, 0.3) is 0 Å². The van der Waals surface area contributed by atoms with Gasteiger partial charge in [-0.05, 0) is 38.5 Å². The number of fused-ring (bicyclic) bond motifs is 1. The molecule has 1 atom stereocenters. The second-order valence-corrected chi connectivity index (χ2v) is 5.23. The normalized spacial score (nSPS) is 13.7. The van der Waals surface area contributed by atoms with Crippen LogP contribution < -0.4 is 0 Å². The Bertz CT molecular complexity index is 502. The van der Waals surface area contributed by atoms with Crippen LogP contribution in [-0.2, 0) is 6.54 Å². The maximum atomic E-state index is 9.58. The molecule has 0 bridgehead atoms. The van der Waals surface area contributed by atoms with Crippen LogP contribution in [0, 0.1) is 0 Å². The van der Waals surface area contributed by atoms with E-state index < -0.39 is 0 Å². The lowest BCUT2D eigenvalue weighted by molar-refractivity contribution is 0.103. The zero-order valence-corrected chi connectivity index (χ0v) is 11.4. The van der Waals surface area contributed by atoms with Crippen LogP contribution >= 0.6 is 0 Å². The van der Waals surface area contributed by atoms with E-state index >= 15 is 0 Å². The molecule has 0 saturated heterocycles. The fourth-order valence-electron chi connectivity index (χ4n) is 2.30. The number of aliphatic hydroxyl groups excluding tert-OH is 1. The smallest absolute Gasteiger partial charge is 0.0639 e. The van der Waals surface area contributed by atoms with Crippen LogP contribution in [0.4, 0.5) is 0 Å². The zero-order chi connectivity index (χ0) is 13.1. The molecule has 0 spiro atoms. The molecule has 0 aliphatic carbocycles. The van der Waals surface area contributed by atoms with Crippen LogP contribution in [0.2, 0.25) is 0 Å². The minimum Gasteiger partial charge on any atom is -0.392 e. The van der Waals surface area contributed by atoms with E-state index in [9.17, 15) is 5.11 Å². The topological polar surface area (TPSA) is 39.3 Å². The fourth-order valence-corrected chi connectivity index (χ4v) is 2.30. The third kappa shape index (κ3) is 2.92. The Balaban J connectivity index is 2.22. The van der Waals surface area contributed by atoms with Gasteiger partial charge in [-0.25, -0.2) is 0 Å². The molecule has 2 aromatic rings. The number of hydrogen-bond acceptors (Lipinski definition) is 2. The van der Waals surface area contributed by atoms with E-state index in [0.717, 1.165) is 6.54 Å². The lowest BCUT2D eigenvalue weighted by Gasteiger charge is -2.28. The molecular weight excluding hydrogens is 224 g/mol. The molecule has 2 rings (SSSR count). The molecule has 18 heavy (non-hydrogen) atoms. The third-order valence-corrected chi connectivity index (χ3v) is 3.29. The van der Waals surface area contributed by atoms with Gasteiger partial charge >= 0.3 is 0 Å². The van der Waals surface area contributed by atoms with Gasteiger partial charge in [0.15, 0.2) is 0 Å². The maximum absolute atomic E-state index is 9.58. The summed E-state index contributed by atoms with van der Waals surface area (Å²) in [6.45, 7) is 7.75. The number of aliphatic hydroxyl groups is 1. The molecule has 2 N–H and O–H groups in total. The van der Waals surface area contributed by atoms with Gasteiger partial charge < -0.3 is 10.1 Å². The Labute approximate surface area is 108 Å². The van der Waals surface area contributed by atoms with Gasteiger partial charge in [-0.2, -0.15) is 0 Å². The number of rotatable bonds is 5. The van der Waals surface area contributed by atoms with Crippen molar-refractivity contribution in [2.45, 2.75) is 39.5 Å². The van der Waals surface area contributed by atoms with Crippen LogP contribution in [0.25, 0.3) is 10.9 Å². The van der Waals surface area contributed by atoms with Gasteiger partial charge in [-0.3, -0.25) is 4.90 Å². The highest BCUT2D eigenvalue weighted by molar-refractivity contribution is 5.82. The van der Waals surface area contributed by atoms with Crippen LogP contribution in [0.3, 0.4) is 0 Å². The van der Waals surface area contributed by atoms with Gasteiger partial charge in [-0.1, -0.05) is 12.1 Å². The molecule has 0 amide bonds. The van der Waals surface area contributed by atoms with Crippen molar-refractivity contribution >= 4 is 10.9 Å². The SMILES string of the molecule is CC(C)N(Cc1cccc2[nH]ccc12)C[C@@H](C)O. The van der Waals surface area contributed by atoms with E-state index in [4.69, 9.17) is 0 Å². The molecule has 3 heteroatoms. The number of H-pyrrole nitrogens is 1. The molecule has 0 radical (unpaired) electrons. The van der Waals surface area contributed by atoms with Gasteiger partial charge in [0.05, 0.1) is 6.10 Å². The second-order valence-electron chi connectivity index (χ2n) is 5.23. The van der Waals surface area contributed by atoms with E-state index in [1.807, 2.05) is 13.1 Å². The summed E-state index contributed by atoms with van der Waals surface area (Å²) in [7, 11) is 0. The average Bonchev–Trinajstić information content (AvgIpc) is 2.76. The van der Waals surface area contributed by atoms with Crippen molar-refractivity contribution in [1.29, 1.82) is 0 Å². The van der Waals surface area contributed by atoms with Crippen LogP contribution in [0.5, 0.6) is 0 Å². The molecule has 0 fully saturated rings. The van der Waals surface area contributed by atoms with Gasteiger partial charge in [0, 0.05) is 36.2 Å². The Morgan fingerprint density at radius 2 is 2.00 bits per heavy atom. The van der Waals surface area contributed by atoms with E-state index in [1.54, 1.807) is 0 Å². The van der Waals surface area contributed by atoms with Crippen molar-refractivity contribution < 1.29 is 5.11 Å². The zero-order valence-electron chi connectivity index (χ0n) is 11.4. The quantitative estimate of drug-likeness (QED) is 0.851. The van der Waals surface area contributed by atoms with Crippen molar-refractivity contribution in [3.8, 4) is 0 Å². The third-order valence-electron chi connectivity index (χ3n) is 3.29. The summed E-state index contributed by atoms with van der Waals surface area (Å²) >= 11 is 0. The number of benzene rings is 1. The first-order valence-electron chi connectivity index (χ1n) is 6.55. The van der Waals surface area contributed by atoms with Crippen molar-refractivity contribution in [2.24, 2.45) is 0 Å². The Morgan fingerprint density at radius 3 is 2.67 bits per heavy atom. The summed E-state index contributed by atoms with van der Waals surface area (Å²) in [5.41, 5.74) is 2.48. The minimum atomic E-state index is -0.294. The molecule has 3 nitrogen and oxygen atoms in total. The van der Waals surface area contributed by atoms with Gasteiger partial charge in [0.2, 0.25) is 0 Å². The van der Waals surface area contributed by atoms with Crippen LogP contribution in [-0.4, -0.2) is 33.7 Å². The van der Waals surface area contributed by atoms with Crippen molar-refractivity contribution in [2.75, 3.05) is 6.54 Å². The first-order chi connectivity index (χ1) is 8.58. The van der Waals surface area contributed by atoms with Crippen molar-refractivity contribution in [3.05, 3.63) is 36.0 Å². The van der Waals surface area contributed by atoms with E-state index in [1.165, 1.54) is 16.5 Å². The van der Waals surface area contributed by atoms with Crippen molar-refractivity contribution in [1.82, 2.24) is 9.88 Å². The second kappa shape index (κ2) is 5.55. The molecule has 1 aromatic heterocycles. The highest BCUT2D eigenvalue weighted by atomic mass is 16.3.